The van der Waals surface area contributed by atoms with E-state index in [-0.39, 0.29) is 5.75 Å². The van der Waals surface area contributed by atoms with E-state index in [0.29, 0.717) is 27.7 Å². The number of aryl methyl sites for hydroxylation is 2. The smallest absolute Gasteiger partial charge is 0.258 e. The summed E-state index contributed by atoms with van der Waals surface area (Å²) in [5.41, 5.74) is 4.70. The van der Waals surface area contributed by atoms with E-state index in [1.54, 1.807) is 47.1 Å². The van der Waals surface area contributed by atoms with Gasteiger partial charge in [0.25, 0.3) is 5.89 Å². The van der Waals surface area contributed by atoms with Crippen molar-refractivity contribution < 1.29 is 12.9 Å². The summed E-state index contributed by atoms with van der Waals surface area (Å²) in [6.45, 7) is 1.92. The Hall–Kier alpha value is -3.85. The molecule has 0 fully saturated rings. The largest absolute Gasteiger partial charge is 0.334 e. The first kappa shape index (κ1) is 20.1. The van der Waals surface area contributed by atoms with E-state index >= 15 is 0 Å². The van der Waals surface area contributed by atoms with Crippen LogP contribution >= 0.6 is 0 Å². The van der Waals surface area contributed by atoms with E-state index in [1.807, 2.05) is 38.2 Å². The topological polar surface area (TPSA) is 104 Å². The van der Waals surface area contributed by atoms with E-state index in [4.69, 9.17) is 4.52 Å². The summed E-state index contributed by atoms with van der Waals surface area (Å²) >= 11 is 0. The first-order valence-electron chi connectivity index (χ1n) is 9.91. The second-order valence-electron chi connectivity index (χ2n) is 7.61. The summed E-state index contributed by atoms with van der Waals surface area (Å²) in [4.78, 5) is 4.79. The van der Waals surface area contributed by atoms with Crippen LogP contribution in [0.3, 0.4) is 0 Å². The molecule has 0 bridgehead atoms. The van der Waals surface area contributed by atoms with Crippen LogP contribution in [0.4, 0.5) is 0 Å². The Morgan fingerprint density at radius 2 is 1.78 bits per heavy atom. The van der Waals surface area contributed by atoms with Gasteiger partial charge in [-0.15, -0.1) is 5.10 Å². The van der Waals surface area contributed by atoms with Crippen LogP contribution in [0.1, 0.15) is 11.1 Å². The summed E-state index contributed by atoms with van der Waals surface area (Å²) in [5, 5.41) is 12.2. The average molecular weight is 446 g/mol. The summed E-state index contributed by atoms with van der Waals surface area (Å²) in [5.74, 6) is 0.618. The van der Waals surface area contributed by atoms with Gasteiger partial charge in [-0.2, -0.15) is 4.98 Å². The SMILES string of the molecule is Cc1ccc(S(=O)(=O)Cc2cccc(-c3nc(-c4ccc5c(c4)nnn5C)no3)c2)cc1. The number of sulfone groups is 1. The Bertz CT molecular complexity index is 1540. The average Bonchev–Trinajstić information content (AvgIpc) is 3.41. The lowest BCUT2D eigenvalue weighted by Crippen LogP contribution is -2.05. The van der Waals surface area contributed by atoms with Gasteiger partial charge < -0.3 is 4.52 Å². The Morgan fingerprint density at radius 3 is 2.59 bits per heavy atom. The molecule has 5 rings (SSSR count). The fraction of sp³-hybridized carbons (Fsp3) is 0.130. The van der Waals surface area contributed by atoms with E-state index in [0.717, 1.165) is 22.2 Å². The zero-order valence-electron chi connectivity index (χ0n) is 17.4. The van der Waals surface area contributed by atoms with Crippen LogP contribution < -0.4 is 0 Å². The number of hydrogen-bond acceptors (Lipinski definition) is 7. The van der Waals surface area contributed by atoms with E-state index in [2.05, 4.69) is 20.5 Å². The fourth-order valence-electron chi connectivity index (χ4n) is 3.48. The predicted octanol–water partition coefficient (Wildman–Crippen LogP) is 3.97. The van der Waals surface area contributed by atoms with Crippen molar-refractivity contribution in [2.75, 3.05) is 0 Å². The van der Waals surface area contributed by atoms with Gasteiger partial charge in [-0.1, -0.05) is 40.2 Å². The first-order valence-corrected chi connectivity index (χ1v) is 11.6. The molecule has 0 atom stereocenters. The van der Waals surface area contributed by atoms with Gasteiger partial charge in [0.1, 0.15) is 5.52 Å². The van der Waals surface area contributed by atoms with Gasteiger partial charge >= 0.3 is 0 Å². The molecule has 3 aromatic carbocycles. The van der Waals surface area contributed by atoms with Crippen LogP contribution in [0.25, 0.3) is 33.9 Å². The lowest BCUT2D eigenvalue weighted by Gasteiger charge is -2.06. The summed E-state index contributed by atoms with van der Waals surface area (Å²) in [6, 6.07) is 19.6. The van der Waals surface area contributed by atoms with Crippen molar-refractivity contribution >= 4 is 20.9 Å². The van der Waals surface area contributed by atoms with Crippen LogP contribution in [0, 0.1) is 6.92 Å². The lowest BCUT2D eigenvalue weighted by atomic mass is 10.1. The zero-order valence-corrected chi connectivity index (χ0v) is 18.2. The van der Waals surface area contributed by atoms with Crippen LogP contribution in [-0.4, -0.2) is 33.6 Å². The summed E-state index contributed by atoms with van der Waals surface area (Å²) < 4.78 is 32.7. The highest BCUT2D eigenvalue weighted by atomic mass is 32.2. The molecule has 2 aromatic heterocycles. The van der Waals surface area contributed by atoms with Gasteiger partial charge in [-0.25, -0.2) is 13.1 Å². The van der Waals surface area contributed by atoms with Gasteiger partial charge in [0.05, 0.1) is 16.2 Å². The molecule has 0 spiro atoms. The number of fused-ring (bicyclic) bond motifs is 1. The number of nitrogens with zero attached hydrogens (tertiary/aromatic N) is 5. The number of benzene rings is 3. The zero-order chi connectivity index (χ0) is 22.3. The van der Waals surface area contributed by atoms with Gasteiger partial charge in [-0.3, -0.25) is 0 Å². The van der Waals surface area contributed by atoms with Crippen molar-refractivity contribution in [1.29, 1.82) is 0 Å². The number of hydrogen-bond donors (Lipinski definition) is 0. The summed E-state index contributed by atoms with van der Waals surface area (Å²) in [7, 11) is -1.64. The molecule has 0 saturated carbocycles. The molecule has 0 aliphatic heterocycles. The number of rotatable bonds is 5. The second-order valence-corrected chi connectivity index (χ2v) is 9.60. The normalized spacial score (nSPS) is 11.8. The highest BCUT2D eigenvalue weighted by Crippen LogP contribution is 2.26. The van der Waals surface area contributed by atoms with Crippen molar-refractivity contribution in [1.82, 2.24) is 25.1 Å². The van der Waals surface area contributed by atoms with Crippen molar-refractivity contribution in [3.05, 3.63) is 77.9 Å². The second kappa shape index (κ2) is 7.69. The predicted molar refractivity (Wildman–Crippen MR) is 119 cm³/mol. The fourth-order valence-corrected chi connectivity index (χ4v) is 4.82. The maximum atomic E-state index is 12.8. The minimum Gasteiger partial charge on any atom is -0.334 e. The van der Waals surface area contributed by atoms with Crippen LogP contribution in [0.2, 0.25) is 0 Å². The lowest BCUT2D eigenvalue weighted by molar-refractivity contribution is 0.432. The molecule has 5 aromatic rings. The molecule has 0 unspecified atom stereocenters. The Balaban J connectivity index is 1.42. The molecule has 0 N–H and O–H groups in total. The van der Waals surface area contributed by atoms with Crippen LogP contribution in [0.5, 0.6) is 0 Å². The molecule has 0 amide bonds. The quantitative estimate of drug-likeness (QED) is 0.403. The van der Waals surface area contributed by atoms with Crippen molar-refractivity contribution in [2.24, 2.45) is 7.05 Å². The molecule has 0 aliphatic rings. The van der Waals surface area contributed by atoms with E-state index in [9.17, 15) is 8.42 Å². The van der Waals surface area contributed by atoms with Crippen LogP contribution in [-0.2, 0) is 22.6 Å². The van der Waals surface area contributed by atoms with Crippen molar-refractivity contribution in [2.45, 2.75) is 17.6 Å². The maximum absolute atomic E-state index is 12.8. The van der Waals surface area contributed by atoms with Gasteiger partial charge in [0.2, 0.25) is 5.82 Å². The van der Waals surface area contributed by atoms with E-state index < -0.39 is 9.84 Å². The molecule has 0 radical (unpaired) electrons. The highest BCUT2D eigenvalue weighted by molar-refractivity contribution is 7.90. The Labute approximate surface area is 184 Å². The van der Waals surface area contributed by atoms with Gasteiger partial charge in [0, 0.05) is 18.2 Å². The molecule has 160 valence electrons. The summed E-state index contributed by atoms with van der Waals surface area (Å²) in [6.07, 6.45) is 0. The maximum Gasteiger partial charge on any atom is 0.258 e. The highest BCUT2D eigenvalue weighted by Gasteiger charge is 2.17. The molecule has 9 heteroatoms. The molecule has 8 nitrogen and oxygen atoms in total. The third kappa shape index (κ3) is 3.78. The monoisotopic (exact) mass is 445 g/mol. The van der Waals surface area contributed by atoms with Crippen LogP contribution in [0.15, 0.2) is 76.1 Å². The minimum absolute atomic E-state index is 0.117. The third-order valence-corrected chi connectivity index (χ3v) is 6.91. The molecular weight excluding hydrogens is 426 g/mol. The first-order chi connectivity index (χ1) is 15.4. The van der Waals surface area contributed by atoms with Gasteiger partial charge in [0.15, 0.2) is 9.84 Å². The van der Waals surface area contributed by atoms with Crippen molar-refractivity contribution in [3.63, 3.8) is 0 Å². The molecular formula is C23H19N5O3S. The Kier molecular flexibility index (Phi) is 4.82. The molecule has 0 saturated heterocycles. The number of aromatic nitrogens is 5. The minimum atomic E-state index is -3.47. The Morgan fingerprint density at radius 1 is 0.969 bits per heavy atom. The van der Waals surface area contributed by atoms with Crippen molar-refractivity contribution in [3.8, 4) is 22.8 Å². The molecule has 32 heavy (non-hydrogen) atoms. The van der Waals surface area contributed by atoms with Gasteiger partial charge in [-0.05, 0) is 55.0 Å². The standard InChI is InChI=1S/C23H19N5O3S/c1-15-6-9-19(10-7-15)32(29,30)14-16-4-3-5-18(12-16)23-24-22(26-31-23)17-8-11-21-20(13-17)25-27-28(21)2/h3-13H,14H2,1-2H3. The molecule has 0 aliphatic carbocycles. The van der Waals surface area contributed by atoms with E-state index in [1.165, 1.54) is 0 Å². The third-order valence-electron chi connectivity index (χ3n) is 5.21. The molecule has 2 heterocycles.